The monoisotopic (exact) mass is 276 g/mol. The fourth-order valence-corrected chi connectivity index (χ4v) is 1.74. The minimum absolute atomic E-state index is 0.0736. The first-order chi connectivity index (χ1) is 6.98. The second kappa shape index (κ2) is 3.44. The van der Waals surface area contributed by atoms with E-state index in [4.69, 9.17) is 0 Å². The van der Waals surface area contributed by atoms with Gasteiger partial charge in [0, 0.05) is 16.1 Å². The Labute approximate surface area is 91.3 Å². The molecule has 0 radical (unpaired) electrons. The summed E-state index contributed by atoms with van der Waals surface area (Å²) in [5, 5.41) is 0.567. The summed E-state index contributed by atoms with van der Waals surface area (Å²) >= 11 is 2.84. The molecule has 2 aromatic rings. The third-order valence-corrected chi connectivity index (χ3v) is 2.42. The highest BCUT2D eigenvalue weighted by Gasteiger charge is 2.35. The summed E-state index contributed by atoms with van der Waals surface area (Å²) in [6, 6.07) is 4.65. The fraction of sp³-hybridized carbons (Fsp3) is 0.111. The number of rotatable bonds is 0. The molecule has 0 unspecified atom stereocenters. The molecule has 2 nitrogen and oxygen atoms in total. The van der Waals surface area contributed by atoms with E-state index in [1.165, 1.54) is 12.3 Å². The number of nitrogens with zero attached hydrogens (tertiary/aromatic N) is 2. The lowest BCUT2D eigenvalue weighted by Crippen LogP contribution is -2.09. The molecule has 0 fully saturated rings. The Hall–Kier alpha value is -1.17. The van der Waals surface area contributed by atoms with Crippen LogP contribution in [0.25, 0.3) is 11.0 Å². The van der Waals surface area contributed by atoms with Gasteiger partial charge >= 0.3 is 6.18 Å². The molecule has 0 bridgehead atoms. The van der Waals surface area contributed by atoms with Crippen molar-refractivity contribution in [1.29, 1.82) is 0 Å². The van der Waals surface area contributed by atoms with E-state index in [1.54, 1.807) is 12.1 Å². The Morgan fingerprint density at radius 1 is 1.27 bits per heavy atom. The predicted molar refractivity (Wildman–Crippen MR) is 52.2 cm³/mol. The molecular formula is C9H4BrF3N2. The number of hydrogen-bond donors (Lipinski definition) is 0. The molecule has 0 saturated carbocycles. The van der Waals surface area contributed by atoms with Crippen molar-refractivity contribution in [3.05, 3.63) is 34.6 Å². The van der Waals surface area contributed by atoms with Gasteiger partial charge < -0.3 is 0 Å². The molecule has 2 aromatic heterocycles. The third-order valence-electron chi connectivity index (χ3n) is 1.81. The Balaban J connectivity index is 2.73. The molecule has 0 aromatic carbocycles. The number of aromatic nitrogens is 2. The maximum absolute atomic E-state index is 12.5. The highest BCUT2D eigenvalue weighted by atomic mass is 79.9. The lowest BCUT2D eigenvalue weighted by atomic mass is 10.2. The number of hydrogen-bond acceptors (Lipinski definition) is 2. The lowest BCUT2D eigenvalue weighted by molar-refractivity contribution is -0.141. The zero-order valence-corrected chi connectivity index (χ0v) is 8.80. The summed E-state index contributed by atoms with van der Waals surface area (Å²) < 4.78 is 37.3. The molecule has 0 aliphatic heterocycles. The van der Waals surface area contributed by atoms with E-state index in [-0.39, 0.29) is 10.1 Å². The van der Waals surface area contributed by atoms with E-state index < -0.39 is 11.9 Å². The second-order valence-electron chi connectivity index (χ2n) is 2.87. The van der Waals surface area contributed by atoms with E-state index in [9.17, 15) is 13.2 Å². The van der Waals surface area contributed by atoms with Crippen molar-refractivity contribution < 1.29 is 13.2 Å². The third kappa shape index (κ3) is 1.94. The van der Waals surface area contributed by atoms with Crippen molar-refractivity contribution in [3.63, 3.8) is 0 Å². The van der Waals surface area contributed by atoms with E-state index >= 15 is 0 Å². The van der Waals surface area contributed by atoms with Gasteiger partial charge in [0.1, 0.15) is 0 Å². The quantitative estimate of drug-likeness (QED) is 0.737. The topological polar surface area (TPSA) is 25.8 Å². The molecular weight excluding hydrogens is 273 g/mol. The van der Waals surface area contributed by atoms with Gasteiger partial charge in [-0.1, -0.05) is 0 Å². The number of alkyl halides is 3. The van der Waals surface area contributed by atoms with Gasteiger partial charge in [0.05, 0.1) is 0 Å². The largest absolute Gasteiger partial charge is 0.434 e. The van der Waals surface area contributed by atoms with E-state index in [0.717, 1.165) is 0 Å². The SMILES string of the molecule is FC(F)(F)c1nc2ncccc2cc1Br. The molecule has 0 atom stereocenters. The molecule has 0 spiro atoms. The van der Waals surface area contributed by atoms with Crippen LogP contribution in [0.1, 0.15) is 5.69 Å². The Morgan fingerprint density at radius 3 is 2.67 bits per heavy atom. The molecule has 2 heterocycles. The van der Waals surface area contributed by atoms with Crippen molar-refractivity contribution in [1.82, 2.24) is 9.97 Å². The fourth-order valence-electron chi connectivity index (χ4n) is 1.18. The summed E-state index contributed by atoms with van der Waals surface area (Å²) in [5.41, 5.74) is -0.860. The summed E-state index contributed by atoms with van der Waals surface area (Å²) in [7, 11) is 0. The summed E-state index contributed by atoms with van der Waals surface area (Å²) in [5.74, 6) is 0. The van der Waals surface area contributed by atoms with Crippen LogP contribution in [0.5, 0.6) is 0 Å². The Kier molecular flexibility index (Phi) is 2.38. The van der Waals surface area contributed by atoms with Crippen molar-refractivity contribution in [2.45, 2.75) is 6.18 Å². The molecule has 2 rings (SSSR count). The van der Waals surface area contributed by atoms with Crippen LogP contribution >= 0.6 is 15.9 Å². The lowest BCUT2D eigenvalue weighted by Gasteiger charge is -2.08. The van der Waals surface area contributed by atoms with E-state index in [2.05, 4.69) is 25.9 Å². The molecule has 6 heteroatoms. The van der Waals surface area contributed by atoms with Gasteiger partial charge in [0.25, 0.3) is 0 Å². The number of pyridine rings is 2. The summed E-state index contributed by atoms with van der Waals surface area (Å²) in [6.45, 7) is 0. The first-order valence-electron chi connectivity index (χ1n) is 3.97. The number of fused-ring (bicyclic) bond motifs is 1. The standard InChI is InChI=1S/C9H4BrF3N2/c10-6-4-5-2-1-3-14-8(5)15-7(6)9(11,12)13/h1-4H. The van der Waals surface area contributed by atoms with Crippen LogP contribution in [-0.4, -0.2) is 9.97 Å². The molecule has 0 N–H and O–H groups in total. The van der Waals surface area contributed by atoms with Crippen LogP contribution in [0.2, 0.25) is 0 Å². The predicted octanol–water partition coefficient (Wildman–Crippen LogP) is 3.41. The summed E-state index contributed by atoms with van der Waals surface area (Å²) in [4.78, 5) is 7.23. The van der Waals surface area contributed by atoms with Gasteiger partial charge in [-0.3, -0.25) is 0 Å². The maximum atomic E-state index is 12.5. The van der Waals surface area contributed by atoms with E-state index in [1.807, 2.05) is 0 Å². The zero-order chi connectivity index (χ0) is 11.1. The molecule has 0 aliphatic rings. The molecule has 78 valence electrons. The van der Waals surface area contributed by atoms with E-state index in [0.29, 0.717) is 5.39 Å². The zero-order valence-electron chi connectivity index (χ0n) is 7.22. The van der Waals surface area contributed by atoms with Gasteiger partial charge in [-0.05, 0) is 34.1 Å². The average molecular weight is 277 g/mol. The highest BCUT2D eigenvalue weighted by Crippen LogP contribution is 2.34. The minimum Gasteiger partial charge on any atom is -0.237 e. The Morgan fingerprint density at radius 2 is 2.00 bits per heavy atom. The molecule has 15 heavy (non-hydrogen) atoms. The molecule has 0 saturated heterocycles. The van der Waals surface area contributed by atoms with Crippen molar-refractivity contribution in [2.24, 2.45) is 0 Å². The minimum atomic E-state index is -4.47. The highest BCUT2D eigenvalue weighted by molar-refractivity contribution is 9.10. The normalized spacial score (nSPS) is 12.0. The van der Waals surface area contributed by atoms with Crippen molar-refractivity contribution in [2.75, 3.05) is 0 Å². The van der Waals surface area contributed by atoms with Crippen molar-refractivity contribution in [3.8, 4) is 0 Å². The molecule has 0 amide bonds. The van der Waals surface area contributed by atoms with Gasteiger partial charge in [0.2, 0.25) is 0 Å². The first-order valence-corrected chi connectivity index (χ1v) is 4.76. The smallest absolute Gasteiger partial charge is 0.237 e. The molecule has 0 aliphatic carbocycles. The first kappa shape index (κ1) is 10.4. The second-order valence-corrected chi connectivity index (χ2v) is 3.72. The van der Waals surface area contributed by atoms with Gasteiger partial charge in [-0.2, -0.15) is 13.2 Å². The van der Waals surface area contributed by atoms with Crippen LogP contribution in [-0.2, 0) is 6.18 Å². The number of halogens is 4. The van der Waals surface area contributed by atoms with Crippen LogP contribution < -0.4 is 0 Å². The van der Waals surface area contributed by atoms with Crippen LogP contribution in [0.15, 0.2) is 28.9 Å². The van der Waals surface area contributed by atoms with Crippen molar-refractivity contribution >= 4 is 27.0 Å². The maximum Gasteiger partial charge on any atom is 0.434 e. The van der Waals surface area contributed by atoms with Crippen LogP contribution in [0.3, 0.4) is 0 Å². The Bertz CT molecular complexity index is 510. The van der Waals surface area contributed by atoms with Gasteiger partial charge in [-0.15, -0.1) is 0 Å². The van der Waals surface area contributed by atoms with Crippen LogP contribution in [0, 0.1) is 0 Å². The van der Waals surface area contributed by atoms with Gasteiger partial charge in [0.15, 0.2) is 11.3 Å². The summed E-state index contributed by atoms with van der Waals surface area (Å²) in [6.07, 6.45) is -3.06. The van der Waals surface area contributed by atoms with Crippen LogP contribution in [0.4, 0.5) is 13.2 Å². The average Bonchev–Trinajstić information content (AvgIpc) is 2.15. The van der Waals surface area contributed by atoms with Gasteiger partial charge in [-0.25, -0.2) is 9.97 Å².